The van der Waals surface area contributed by atoms with E-state index in [0.29, 0.717) is 6.54 Å². The van der Waals surface area contributed by atoms with Crippen LogP contribution < -0.4 is 5.32 Å². The summed E-state index contributed by atoms with van der Waals surface area (Å²) in [5.41, 5.74) is -1.01. The van der Waals surface area contributed by atoms with Gasteiger partial charge >= 0.3 is 12.0 Å². The predicted molar refractivity (Wildman–Crippen MR) is 80.3 cm³/mol. The first kappa shape index (κ1) is 17.8. The average Bonchev–Trinajstić information content (AvgIpc) is 2.44. The number of amides is 2. The van der Waals surface area contributed by atoms with E-state index in [1.165, 1.54) is 0 Å². The summed E-state index contributed by atoms with van der Waals surface area (Å²) in [7, 11) is 3.30. The van der Waals surface area contributed by atoms with Crippen LogP contribution in [0.25, 0.3) is 0 Å². The Labute approximate surface area is 126 Å². The number of carbonyl (C=O) groups is 2. The molecule has 1 fully saturated rings. The molecule has 0 aromatic carbocycles. The van der Waals surface area contributed by atoms with Crippen LogP contribution in [0, 0.1) is 0 Å². The van der Waals surface area contributed by atoms with Crippen LogP contribution in [-0.2, 0) is 9.53 Å². The van der Waals surface area contributed by atoms with E-state index in [9.17, 15) is 14.7 Å². The van der Waals surface area contributed by atoms with Crippen molar-refractivity contribution in [2.45, 2.75) is 63.5 Å². The highest BCUT2D eigenvalue weighted by molar-refractivity contribution is 5.76. The summed E-state index contributed by atoms with van der Waals surface area (Å²) < 4.78 is 5.28. The zero-order valence-electron chi connectivity index (χ0n) is 13.6. The largest absolute Gasteiger partial charge is 0.481 e. The number of carboxylic acid groups (broad SMARTS) is 1. The van der Waals surface area contributed by atoms with Gasteiger partial charge < -0.3 is 20.1 Å². The van der Waals surface area contributed by atoms with Crippen molar-refractivity contribution in [3.63, 3.8) is 0 Å². The zero-order chi connectivity index (χ0) is 16.1. The van der Waals surface area contributed by atoms with E-state index in [1.54, 1.807) is 19.1 Å². The summed E-state index contributed by atoms with van der Waals surface area (Å²) in [6, 6.07) is -0.233. The standard InChI is InChI=1S/C15H28N2O4/c1-14(2,21-4)11-16-13(20)17(3)15(10-12(18)19)8-6-5-7-9-15/h5-11H2,1-4H3,(H,16,20)(H,18,19). The van der Waals surface area contributed by atoms with Gasteiger partial charge in [0.2, 0.25) is 0 Å². The van der Waals surface area contributed by atoms with Gasteiger partial charge in [-0.3, -0.25) is 4.79 Å². The molecule has 0 heterocycles. The van der Waals surface area contributed by atoms with Crippen molar-refractivity contribution in [2.24, 2.45) is 0 Å². The highest BCUT2D eigenvalue weighted by Crippen LogP contribution is 2.35. The number of nitrogens with one attached hydrogen (secondary N) is 1. The van der Waals surface area contributed by atoms with Crippen LogP contribution in [0.1, 0.15) is 52.4 Å². The van der Waals surface area contributed by atoms with Gasteiger partial charge in [0, 0.05) is 20.7 Å². The normalized spacial score (nSPS) is 18.1. The van der Waals surface area contributed by atoms with Crippen molar-refractivity contribution in [2.75, 3.05) is 20.7 Å². The lowest BCUT2D eigenvalue weighted by Crippen LogP contribution is -2.56. The fraction of sp³-hybridized carbons (Fsp3) is 0.867. The van der Waals surface area contributed by atoms with Crippen molar-refractivity contribution in [1.29, 1.82) is 0 Å². The third-order valence-electron chi connectivity index (χ3n) is 4.50. The van der Waals surface area contributed by atoms with Gasteiger partial charge in [0.25, 0.3) is 0 Å². The van der Waals surface area contributed by atoms with Crippen LogP contribution in [-0.4, -0.2) is 53.8 Å². The molecule has 1 saturated carbocycles. The van der Waals surface area contributed by atoms with Gasteiger partial charge in [-0.2, -0.15) is 0 Å². The number of carbonyl (C=O) groups excluding carboxylic acids is 1. The van der Waals surface area contributed by atoms with E-state index in [4.69, 9.17) is 4.74 Å². The Kier molecular flexibility index (Phi) is 6.01. The molecule has 2 N–H and O–H groups in total. The topological polar surface area (TPSA) is 78.9 Å². The Morgan fingerprint density at radius 3 is 2.33 bits per heavy atom. The summed E-state index contributed by atoms with van der Waals surface area (Å²) in [5, 5.41) is 12.0. The number of hydrogen-bond donors (Lipinski definition) is 2. The van der Waals surface area contributed by atoms with E-state index in [2.05, 4.69) is 5.32 Å². The number of aliphatic carboxylic acids is 1. The molecule has 122 valence electrons. The molecule has 0 aromatic heterocycles. The molecule has 21 heavy (non-hydrogen) atoms. The molecule has 0 spiro atoms. The minimum Gasteiger partial charge on any atom is -0.481 e. The Morgan fingerprint density at radius 1 is 1.29 bits per heavy atom. The maximum absolute atomic E-state index is 12.4. The average molecular weight is 300 g/mol. The smallest absolute Gasteiger partial charge is 0.317 e. The lowest BCUT2D eigenvalue weighted by molar-refractivity contribution is -0.140. The fourth-order valence-electron chi connectivity index (χ4n) is 2.82. The Balaban J connectivity index is 2.73. The van der Waals surface area contributed by atoms with Crippen molar-refractivity contribution in [3.8, 4) is 0 Å². The van der Waals surface area contributed by atoms with E-state index >= 15 is 0 Å². The second kappa shape index (κ2) is 7.11. The first-order chi connectivity index (χ1) is 9.72. The molecule has 6 heteroatoms. The van der Waals surface area contributed by atoms with Crippen LogP contribution in [0.5, 0.6) is 0 Å². The van der Waals surface area contributed by atoms with E-state index in [0.717, 1.165) is 32.1 Å². The predicted octanol–water partition coefficient (Wildman–Crippen LogP) is 2.23. The molecule has 0 radical (unpaired) electrons. The number of rotatable bonds is 6. The lowest BCUT2D eigenvalue weighted by Gasteiger charge is -2.44. The summed E-state index contributed by atoms with van der Waals surface area (Å²) in [4.78, 5) is 25.1. The first-order valence-electron chi connectivity index (χ1n) is 7.51. The Morgan fingerprint density at radius 2 is 1.86 bits per heavy atom. The SMILES string of the molecule is COC(C)(C)CNC(=O)N(C)C1(CC(=O)O)CCCCC1. The van der Waals surface area contributed by atoms with Gasteiger partial charge in [-0.05, 0) is 26.7 Å². The fourth-order valence-corrected chi connectivity index (χ4v) is 2.82. The van der Waals surface area contributed by atoms with Gasteiger partial charge in [0.05, 0.1) is 17.6 Å². The molecule has 0 aromatic rings. The van der Waals surface area contributed by atoms with Crippen LogP contribution in [0.4, 0.5) is 4.79 Å². The van der Waals surface area contributed by atoms with Gasteiger partial charge in [-0.25, -0.2) is 4.79 Å². The Bertz CT molecular complexity index is 376. The van der Waals surface area contributed by atoms with Crippen LogP contribution in [0.15, 0.2) is 0 Å². The highest BCUT2D eigenvalue weighted by Gasteiger charge is 2.40. The maximum atomic E-state index is 12.4. The summed E-state index contributed by atoms with van der Waals surface area (Å²) in [6.45, 7) is 4.16. The molecule has 6 nitrogen and oxygen atoms in total. The van der Waals surface area contributed by atoms with Crippen LogP contribution in [0.2, 0.25) is 0 Å². The second-order valence-corrected chi connectivity index (χ2v) is 6.54. The van der Waals surface area contributed by atoms with Crippen LogP contribution in [0.3, 0.4) is 0 Å². The monoisotopic (exact) mass is 300 g/mol. The molecular weight excluding hydrogens is 272 g/mol. The molecule has 1 rings (SSSR count). The number of hydrogen-bond acceptors (Lipinski definition) is 3. The maximum Gasteiger partial charge on any atom is 0.317 e. The number of urea groups is 1. The molecule has 0 aliphatic heterocycles. The molecular formula is C15H28N2O4. The minimum atomic E-state index is -0.853. The van der Waals surface area contributed by atoms with E-state index in [-0.39, 0.29) is 12.5 Å². The van der Waals surface area contributed by atoms with Gasteiger partial charge in [-0.1, -0.05) is 19.3 Å². The van der Waals surface area contributed by atoms with Crippen molar-refractivity contribution in [3.05, 3.63) is 0 Å². The van der Waals surface area contributed by atoms with Crippen molar-refractivity contribution in [1.82, 2.24) is 10.2 Å². The minimum absolute atomic E-state index is 0.00455. The van der Waals surface area contributed by atoms with Crippen molar-refractivity contribution >= 4 is 12.0 Å². The van der Waals surface area contributed by atoms with E-state index in [1.807, 2.05) is 13.8 Å². The molecule has 0 atom stereocenters. The Hall–Kier alpha value is -1.30. The lowest BCUT2D eigenvalue weighted by atomic mass is 9.78. The number of ether oxygens (including phenoxy) is 1. The van der Waals surface area contributed by atoms with Crippen LogP contribution >= 0.6 is 0 Å². The second-order valence-electron chi connectivity index (χ2n) is 6.54. The molecule has 1 aliphatic carbocycles. The number of carboxylic acids is 1. The molecule has 0 bridgehead atoms. The van der Waals surface area contributed by atoms with Gasteiger partial charge in [-0.15, -0.1) is 0 Å². The molecule has 0 saturated heterocycles. The molecule has 2 amide bonds. The van der Waals surface area contributed by atoms with E-state index < -0.39 is 17.1 Å². The first-order valence-corrected chi connectivity index (χ1v) is 7.51. The zero-order valence-corrected chi connectivity index (χ0v) is 13.6. The summed E-state index contributed by atoms with van der Waals surface area (Å²) in [6.07, 6.45) is 4.54. The number of methoxy groups -OCH3 is 1. The summed E-state index contributed by atoms with van der Waals surface area (Å²) >= 11 is 0. The quantitative estimate of drug-likeness (QED) is 0.788. The molecule has 1 aliphatic rings. The van der Waals surface area contributed by atoms with Crippen molar-refractivity contribution < 1.29 is 19.4 Å². The highest BCUT2D eigenvalue weighted by atomic mass is 16.5. The number of nitrogens with zero attached hydrogens (tertiary/aromatic N) is 1. The van der Waals surface area contributed by atoms with Gasteiger partial charge in [0.15, 0.2) is 0 Å². The van der Waals surface area contributed by atoms with Gasteiger partial charge in [0.1, 0.15) is 0 Å². The third-order valence-corrected chi connectivity index (χ3v) is 4.50. The summed E-state index contributed by atoms with van der Waals surface area (Å²) in [5.74, 6) is -0.853. The molecule has 0 unspecified atom stereocenters. The third kappa shape index (κ3) is 4.88.